The van der Waals surface area contributed by atoms with Crippen molar-refractivity contribution in [3.05, 3.63) is 199 Å². The highest BCUT2D eigenvalue weighted by Crippen LogP contribution is 2.60. The number of phenolic OH excluding ortho intramolecular Hbond substituents is 4. The van der Waals surface area contributed by atoms with E-state index in [-0.39, 0.29) is 92.7 Å². The minimum atomic E-state index is -0.313. The normalized spacial score (nSPS) is 15.2. The second-order valence-electron chi connectivity index (χ2n) is 39.7. The second-order valence-corrected chi connectivity index (χ2v) is 49.6. The molecule has 648 valence electrons. The third kappa shape index (κ3) is 22.9. The molecule has 0 unspecified atom stereocenters. The first-order valence-corrected chi connectivity index (χ1v) is 49.3. The van der Waals surface area contributed by atoms with Gasteiger partial charge in [-0.3, -0.25) is 20.0 Å². The molecule has 0 spiro atoms. The predicted octanol–water partition coefficient (Wildman–Crippen LogP) is 29.1. The van der Waals surface area contributed by atoms with Crippen molar-refractivity contribution in [3.8, 4) is 46.0 Å². The lowest BCUT2D eigenvalue weighted by molar-refractivity contribution is 0.312. The largest absolute Gasteiger partial charge is 0.506 e. The fourth-order valence-corrected chi connectivity index (χ4v) is 23.4. The van der Waals surface area contributed by atoms with Crippen molar-refractivity contribution in [2.45, 2.75) is 288 Å². The number of rotatable bonds is 0. The van der Waals surface area contributed by atoms with Crippen molar-refractivity contribution in [2.24, 2.45) is 20.0 Å². The number of aliphatic imine (C=N–C) groups is 4. The number of hydrogen-bond acceptors (Lipinski definition) is 21. The molecular weight excluding hydrogens is 1700 g/mol. The topological polar surface area (TPSA) is 167 Å². The molecule has 6 aliphatic heterocycles. The Morgan fingerprint density at radius 3 is 0.537 bits per heavy atom. The van der Waals surface area contributed by atoms with Crippen LogP contribution in [0.1, 0.15) is 232 Å². The molecule has 24 bridgehead atoms. The van der Waals surface area contributed by atoms with Gasteiger partial charge in [0.2, 0.25) is 0 Å². The molecule has 0 fully saturated rings. The average molecular weight is 1820 g/mol. The first kappa shape index (κ1) is 93.2. The zero-order valence-electron chi connectivity index (χ0n) is 75.6. The first-order chi connectivity index (χ1) is 57.6. The van der Waals surface area contributed by atoms with Gasteiger partial charge in [-0.1, -0.05) is 285 Å². The van der Waals surface area contributed by atoms with Gasteiger partial charge in [0.15, 0.2) is 0 Å². The monoisotopic (exact) mass is 1810 g/mol. The summed E-state index contributed by atoms with van der Waals surface area (Å²) in [6.07, 6.45) is 7.53. The van der Waals surface area contributed by atoms with E-state index in [0.717, 1.165) is 105 Å². The molecule has 0 saturated heterocycles. The third-order valence-corrected chi connectivity index (χ3v) is 30.7. The first-order valence-electron chi connectivity index (χ1n) is 42.0. The molecule has 6 aliphatic rings. The lowest BCUT2D eigenvalue weighted by atomic mass is 9.87. The van der Waals surface area contributed by atoms with Crippen molar-refractivity contribution >= 4 is 130 Å². The van der Waals surface area contributed by atoms with Gasteiger partial charge in [-0.05, 0) is 208 Å². The molecule has 9 aromatic carbocycles. The molecule has 16 rings (SSSR count). The number of phenols is 4. The van der Waals surface area contributed by atoms with Crippen LogP contribution in [0.25, 0.3) is 0 Å². The molecule has 0 saturated carbocycles. The Morgan fingerprint density at radius 2 is 0.374 bits per heavy atom. The fraction of sp³-hybridized carbons (Fsp3) is 0.392. The van der Waals surface area contributed by atoms with E-state index >= 15 is 0 Å². The summed E-state index contributed by atoms with van der Waals surface area (Å²) in [4.78, 5) is 33.8. The van der Waals surface area contributed by atoms with E-state index in [9.17, 15) is 20.4 Å². The number of ether oxygens (including phenoxy) is 4. The Balaban J connectivity index is 0.929. The highest BCUT2D eigenvalue weighted by atomic mass is 32.2. The van der Waals surface area contributed by atoms with Gasteiger partial charge in [0.05, 0.1) is 105 Å². The van der Waals surface area contributed by atoms with Gasteiger partial charge in [-0.2, -0.15) is 0 Å². The predicted molar refractivity (Wildman–Crippen MR) is 523 cm³/mol. The van der Waals surface area contributed by atoms with Gasteiger partial charge in [-0.15, -0.1) is 11.3 Å². The minimum absolute atomic E-state index is 0.153. The molecule has 0 amide bonds. The van der Waals surface area contributed by atoms with E-state index in [1.807, 2.05) is 49.1 Å². The standard InChI is InChI=1S/C102H118N4O8S9/c1-95(2,3)61-39-71-87(107)75(43-61)120-83-51-67(101(19,20)21)52-84-93(83)113-37-33-105-57-69-29-30-70(115-69)58-106-34-38-114-94-85-53-68(102(22,23)24)54-86(94)123-78-46-64(98(10,11)12)42-74(90(78)110)119-82-50-66(100(16,17)18)49-81(118-73-41-63(97(7,8)9)45-77(122-85)89(73)109)92(82)112-36-32-104-56-60-27-25-59(26-28-60)55-103-31-35-111-91-79(116-71)47-65(99(13,14)15)48-80(91)117-72-40-62(96(4,5)6)44-76(121-84)88(72)108/h25-30,39-58,107-110H,31-38H2,1-24H3. The summed E-state index contributed by atoms with van der Waals surface area (Å²) in [5, 5.41) is 52.2. The lowest BCUT2D eigenvalue weighted by Crippen LogP contribution is -2.13. The van der Waals surface area contributed by atoms with Gasteiger partial charge < -0.3 is 39.4 Å². The SMILES string of the molecule is CC(C)(C)c1cc2c(O)c(c1)Sc1cc(C(C)(C)C)cc3c1OCCN=Cc1ccc(s1)C=NCCOc1c4cc(C(C)(C)C)cc1Sc1cc(C(C)(C)C)cc(c1O)Sc1cc(C(C)(C)C)cc(c1OCCN=Cc1ccc(cc1)C=NCCOc1c(cc(C(C)(C)C)cc1Sc1cc(C(C)(C)C)cc(c1O)S3)S2)Sc1cc(C(C)(C)C)cc(c1O)S4. The van der Waals surface area contributed by atoms with Crippen LogP contribution >= 0.6 is 105 Å². The summed E-state index contributed by atoms with van der Waals surface area (Å²) in [6.45, 7) is 55.3. The van der Waals surface area contributed by atoms with Crippen LogP contribution in [0.2, 0.25) is 0 Å². The Bertz CT molecular complexity index is 5170. The van der Waals surface area contributed by atoms with E-state index in [2.05, 4.69) is 275 Å². The summed E-state index contributed by atoms with van der Waals surface area (Å²) in [5.74, 6) is 3.15. The molecule has 123 heavy (non-hydrogen) atoms. The van der Waals surface area contributed by atoms with Crippen LogP contribution in [-0.4, -0.2) is 97.9 Å². The Hall–Kier alpha value is -7.44. The second kappa shape index (κ2) is 37.1. The van der Waals surface area contributed by atoms with Gasteiger partial charge >= 0.3 is 0 Å². The van der Waals surface area contributed by atoms with Gasteiger partial charge in [-0.25, -0.2) is 0 Å². The van der Waals surface area contributed by atoms with Crippen LogP contribution in [0.4, 0.5) is 0 Å². The average Bonchev–Trinajstić information content (AvgIpc) is 1.28. The molecule has 0 radical (unpaired) electrons. The molecule has 21 heteroatoms. The number of aromatic hydroxyl groups is 4. The summed E-state index contributed by atoms with van der Waals surface area (Å²) in [7, 11) is 0. The summed E-state index contributed by atoms with van der Waals surface area (Å²) < 4.78 is 28.4. The highest BCUT2D eigenvalue weighted by molar-refractivity contribution is 8.02. The van der Waals surface area contributed by atoms with Crippen molar-refractivity contribution in [1.29, 1.82) is 0 Å². The van der Waals surface area contributed by atoms with Crippen LogP contribution in [0.3, 0.4) is 0 Å². The van der Waals surface area contributed by atoms with Gasteiger partial charge in [0.25, 0.3) is 0 Å². The minimum Gasteiger partial charge on any atom is -0.506 e. The fourth-order valence-electron chi connectivity index (χ4n) is 13.5. The number of fused-ring (bicyclic) bond motifs is 2. The Kier molecular flexibility index (Phi) is 28.1. The molecule has 7 heterocycles. The molecule has 10 aromatic rings. The molecule has 1 aromatic heterocycles. The zero-order valence-corrected chi connectivity index (χ0v) is 82.9. The van der Waals surface area contributed by atoms with E-state index < -0.39 is 0 Å². The maximum absolute atomic E-state index is 13.0. The lowest BCUT2D eigenvalue weighted by Gasteiger charge is -2.27. The van der Waals surface area contributed by atoms with Crippen LogP contribution in [0.15, 0.2) is 232 Å². The van der Waals surface area contributed by atoms with Crippen LogP contribution in [-0.2, 0) is 43.3 Å². The van der Waals surface area contributed by atoms with Gasteiger partial charge in [0, 0.05) is 34.6 Å². The summed E-state index contributed by atoms with van der Waals surface area (Å²) >= 11 is 13.5. The smallest absolute Gasteiger partial charge is 0.147 e. The number of hydrogen-bond donors (Lipinski definition) is 4. The summed E-state index contributed by atoms with van der Waals surface area (Å²) in [5.41, 5.74) is 7.85. The number of benzene rings is 9. The van der Waals surface area contributed by atoms with Crippen molar-refractivity contribution < 1.29 is 39.4 Å². The maximum Gasteiger partial charge on any atom is 0.147 e. The summed E-state index contributed by atoms with van der Waals surface area (Å²) in [6, 6.07) is 46.8. The highest BCUT2D eigenvalue weighted by Gasteiger charge is 2.34. The van der Waals surface area contributed by atoms with Crippen LogP contribution in [0, 0.1) is 0 Å². The Labute approximate surface area is 768 Å². The molecule has 12 nitrogen and oxygen atoms in total. The zero-order chi connectivity index (χ0) is 88.8. The quantitative estimate of drug-likeness (QED) is 0.113. The van der Waals surface area contributed by atoms with E-state index in [1.165, 1.54) is 94.1 Å². The molecule has 0 atom stereocenters. The number of thiophene rings is 1. The van der Waals surface area contributed by atoms with Gasteiger partial charge in [0.1, 0.15) is 72.4 Å². The molecule has 0 aliphatic carbocycles. The van der Waals surface area contributed by atoms with Crippen molar-refractivity contribution in [3.63, 3.8) is 0 Å². The third-order valence-electron chi connectivity index (χ3n) is 21.3. The molecular formula is C102H118N4O8S9. The van der Waals surface area contributed by atoms with Crippen LogP contribution < -0.4 is 18.9 Å². The van der Waals surface area contributed by atoms with Crippen molar-refractivity contribution in [1.82, 2.24) is 0 Å². The Morgan fingerprint density at radius 1 is 0.220 bits per heavy atom. The van der Waals surface area contributed by atoms with E-state index in [1.54, 1.807) is 11.3 Å². The maximum atomic E-state index is 13.0. The van der Waals surface area contributed by atoms with Crippen molar-refractivity contribution in [2.75, 3.05) is 52.6 Å². The molecule has 4 N–H and O–H groups in total. The number of nitrogens with zero attached hydrogens (tertiary/aromatic N) is 4. The van der Waals surface area contributed by atoms with E-state index in [4.69, 9.17) is 38.9 Å². The van der Waals surface area contributed by atoms with Crippen LogP contribution in [0.5, 0.6) is 46.0 Å². The van der Waals surface area contributed by atoms with E-state index in [0.29, 0.717) is 88.3 Å².